The average Bonchev–Trinajstić information content (AvgIpc) is 2.85. The van der Waals surface area contributed by atoms with Crippen molar-refractivity contribution in [3.8, 4) is 0 Å². The first-order chi connectivity index (χ1) is 12.7. The average molecular weight is 414 g/mol. The van der Waals surface area contributed by atoms with Crippen LogP contribution in [0.15, 0.2) is 18.2 Å². The summed E-state index contributed by atoms with van der Waals surface area (Å²) in [5.41, 5.74) is 5.70. The molecule has 0 unspecified atom stereocenters. The molecule has 148 valence electrons. The molecule has 1 aromatic heterocycles. The molecule has 0 radical (unpaired) electrons. The van der Waals surface area contributed by atoms with Crippen LogP contribution in [-0.4, -0.2) is 32.2 Å². The SMILES string of the molecule is CC(C)Cn1c(CCC(N)=O)nn(CN(C)Cc2c(F)cccc2Cl)c1=S. The summed E-state index contributed by atoms with van der Waals surface area (Å²) in [4.78, 5) is 13.0. The molecule has 2 N–H and O–H groups in total. The summed E-state index contributed by atoms with van der Waals surface area (Å²) < 4.78 is 18.2. The Labute approximate surface area is 168 Å². The summed E-state index contributed by atoms with van der Waals surface area (Å²) in [5.74, 6) is 0.379. The largest absolute Gasteiger partial charge is 0.370 e. The van der Waals surface area contributed by atoms with E-state index in [2.05, 4.69) is 18.9 Å². The number of amides is 1. The number of primary amides is 1. The number of rotatable bonds is 9. The molecule has 0 aliphatic carbocycles. The summed E-state index contributed by atoms with van der Waals surface area (Å²) in [5, 5.41) is 4.95. The van der Waals surface area contributed by atoms with Crippen LogP contribution in [0.2, 0.25) is 5.02 Å². The summed E-state index contributed by atoms with van der Waals surface area (Å²) in [6.07, 6.45) is 0.645. The van der Waals surface area contributed by atoms with Crippen molar-refractivity contribution in [3.05, 3.63) is 45.2 Å². The first-order valence-electron chi connectivity index (χ1n) is 8.75. The highest BCUT2D eigenvalue weighted by atomic mass is 35.5. The fourth-order valence-corrected chi connectivity index (χ4v) is 3.28. The lowest BCUT2D eigenvalue weighted by atomic mass is 10.2. The number of nitrogens with two attached hydrogens (primary N) is 1. The predicted octanol–water partition coefficient (Wildman–Crippen LogP) is 3.37. The predicted molar refractivity (Wildman–Crippen MR) is 106 cm³/mol. The van der Waals surface area contributed by atoms with Gasteiger partial charge >= 0.3 is 0 Å². The summed E-state index contributed by atoms with van der Waals surface area (Å²) >= 11 is 11.7. The van der Waals surface area contributed by atoms with Crippen molar-refractivity contribution >= 4 is 29.7 Å². The van der Waals surface area contributed by atoms with Gasteiger partial charge in [0.2, 0.25) is 5.91 Å². The van der Waals surface area contributed by atoms with Crippen LogP contribution in [0.1, 0.15) is 31.7 Å². The third kappa shape index (κ3) is 5.85. The van der Waals surface area contributed by atoms with E-state index >= 15 is 0 Å². The maximum atomic E-state index is 14.0. The molecule has 0 bridgehead atoms. The first-order valence-corrected chi connectivity index (χ1v) is 9.54. The quantitative estimate of drug-likeness (QED) is 0.640. The van der Waals surface area contributed by atoms with E-state index in [1.807, 2.05) is 16.5 Å². The molecular formula is C18H25ClFN5OS. The number of aromatic nitrogens is 3. The standard InChI is InChI=1S/C18H25ClFN5OS/c1-12(2)9-24-17(8-7-16(21)26)22-25(18(24)27)11-23(3)10-13-14(19)5-4-6-15(13)20/h4-6,12H,7-11H2,1-3H3,(H2,21,26). The van der Waals surface area contributed by atoms with Crippen molar-refractivity contribution in [3.63, 3.8) is 0 Å². The monoisotopic (exact) mass is 413 g/mol. The number of carbonyl (C=O) groups is 1. The van der Waals surface area contributed by atoms with Crippen LogP contribution in [0, 0.1) is 16.5 Å². The molecule has 0 saturated carbocycles. The van der Waals surface area contributed by atoms with E-state index in [0.717, 1.165) is 5.82 Å². The molecule has 0 spiro atoms. The molecule has 2 rings (SSSR count). The van der Waals surface area contributed by atoms with Gasteiger partial charge in [-0.1, -0.05) is 31.5 Å². The minimum absolute atomic E-state index is 0.213. The molecule has 6 nitrogen and oxygen atoms in total. The van der Waals surface area contributed by atoms with Crippen LogP contribution in [0.3, 0.4) is 0 Å². The number of hydrogen-bond donors (Lipinski definition) is 1. The van der Waals surface area contributed by atoms with Crippen molar-refractivity contribution < 1.29 is 9.18 Å². The van der Waals surface area contributed by atoms with Gasteiger partial charge < -0.3 is 10.3 Å². The van der Waals surface area contributed by atoms with Crippen LogP contribution in [0.25, 0.3) is 0 Å². The molecule has 0 atom stereocenters. The van der Waals surface area contributed by atoms with Crippen molar-refractivity contribution in [2.45, 2.75) is 46.4 Å². The van der Waals surface area contributed by atoms with Crippen LogP contribution >= 0.6 is 23.8 Å². The van der Waals surface area contributed by atoms with Crippen molar-refractivity contribution in [2.75, 3.05) is 7.05 Å². The molecule has 27 heavy (non-hydrogen) atoms. The zero-order chi connectivity index (χ0) is 20.1. The van der Waals surface area contributed by atoms with E-state index in [1.165, 1.54) is 6.07 Å². The Morgan fingerprint density at radius 2 is 2.15 bits per heavy atom. The number of halogens is 2. The molecular weight excluding hydrogens is 389 g/mol. The van der Waals surface area contributed by atoms with E-state index in [0.29, 0.717) is 47.5 Å². The second kappa shape index (κ2) is 9.43. The maximum Gasteiger partial charge on any atom is 0.217 e. The maximum absolute atomic E-state index is 14.0. The van der Waals surface area contributed by atoms with E-state index in [1.54, 1.807) is 16.8 Å². The van der Waals surface area contributed by atoms with Crippen molar-refractivity contribution in [1.82, 2.24) is 19.2 Å². The van der Waals surface area contributed by atoms with E-state index < -0.39 is 0 Å². The van der Waals surface area contributed by atoms with Gasteiger partial charge in [0, 0.05) is 36.5 Å². The Bertz CT molecular complexity index is 844. The minimum atomic E-state index is -0.377. The number of carbonyl (C=O) groups excluding carboxylic acids is 1. The first kappa shape index (κ1) is 21.5. The lowest BCUT2D eigenvalue weighted by molar-refractivity contribution is -0.118. The molecule has 9 heteroatoms. The van der Waals surface area contributed by atoms with Crippen LogP contribution in [0.5, 0.6) is 0 Å². The zero-order valence-electron chi connectivity index (χ0n) is 15.8. The van der Waals surface area contributed by atoms with E-state index in [9.17, 15) is 9.18 Å². The lowest BCUT2D eigenvalue weighted by Gasteiger charge is -2.17. The Hall–Kier alpha value is -1.77. The van der Waals surface area contributed by atoms with Gasteiger partial charge in [-0.15, -0.1) is 0 Å². The number of nitrogens with zero attached hydrogens (tertiary/aromatic N) is 4. The number of aryl methyl sites for hydroxylation is 1. The van der Waals surface area contributed by atoms with Gasteiger partial charge in [0.1, 0.15) is 11.6 Å². The van der Waals surface area contributed by atoms with Crippen LogP contribution in [-0.2, 0) is 31.0 Å². The van der Waals surface area contributed by atoms with E-state index in [-0.39, 0.29) is 18.1 Å². The van der Waals surface area contributed by atoms with Crippen LogP contribution < -0.4 is 5.73 Å². The summed E-state index contributed by atoms with van der Waals surface area (Å²) in [7, 11) is 1.84. The van der Waals surface area contributed by atoms with Crippen molar-refractivity contribution in [1.29, 1.82) is 0 Å². The third-order valence-electron chi connectivity index (χ3n) is 4.01. The van der Waals surface area contributed by atoms with E-state index in [4.69, 9.17) is 29.6 Å². The fraction of sp³-hybridized carbons (Fsp3) is 0.500. The molecule has 1 heterocycles. The van der Waals surface area contributed by atoms with Gasteiger partial charge in [0.15, 0.2) is 4.77 Å². The normalized spacial score (nSPS) is 11.5. The van der Waals surface area contributed by atoms with Gasteiger partial charge in [-0.3, -0.25) is 9.69 Å². The van der Waals surface area contributed by atoms with Crippen molar-refractivity contribution in [2.24, 2.45) is 11.7 Å². The Kier molecular flexibility index (Phi) is 7.52. The third-order valence-corrected chi connectivity index (χ3v) is 4.79. The fourth-order valence-electron chi connectivity index (χ4n) is 2.78. The molecule has 0 saturated heterocycles. The highest BCUT2D eigenvalue weighted by molar-refractivity contribution is 7.71. The van der Waals surface area contributed by atoms with Gasteiger partial charge in [0.05, 0.1) is 6.67 Å². The second-order valence-corrected chi connectivity index (χ2v) is 7.80. The number of hydrogen-bond acceptors (Lipinski definition) is 4. The Morgan fingerprint density at radius 3 is 2.74 bits per heavy atom. The highest BCUT2D eigenvalue weighted by Crippen LogP contribution is 2.20. The second-order valence-electron chi connectivity index (χ2n) is 7.02. The molecule has 1 amide bonds. The smallest absolute Gasteiger partial charge is 0.217 e. The lowest BCUT2D eigenvalue weighted by Crippen LogP contribution is -2.23. The number of benzene rings is 1. The molecule has 1 aromatic carbocycles. The summed E-state index contributed by atoms with van der Waals surface area (Å²) in [6, 6.07) is 4.63. The molecule has 0 fully saturated rings. The Morgan fingerprint density at radius 1 is 1.44 bits per heavy atom. The topological polar surface area (TPSA) is 69.1 Å². The zero-order valence-corrected chi connectivity index (χ0v) is 17.4. The Balaban J connectivity index is 2.21. The van der Waals surface area contributed by atoms with Gasteiger partial charge in [0.25, 0.3) is 0 Å². The van der Waals surface area contributed by atoms with Gasteiger partial charge in [-0.05, 0) is 37.3 Å². The van der Waals surface area contributed by atoms with Gasteiger partial charge in [-0.25, -0.2) is 9.07 Å². The molecule has 0 aliphatic rings. The summed E-state index contributed by atoms with van der Waals surface area (Å²) in [6.45, 7) is 5.57. The molecule has 0 aliphatic heterocycles. The molecule has 2 aromatic rings. The van der Waals surface area contributed by atoms with Gasteiger partial charge in [-0.2, -0.15) is 5.10 Å². The van der Waals surface area contributed by atoms with Crippen LogP contribution in [0.4, 0.5) is 4.39 Å². The highest BCUT2D eigenvalue weighted by Gasteiger charge is 2.15. The minimum Gasteiger partial charge on any atom is -0.370 e.